The van der Waals surface area contributed by atoms with Crippen LogP contribution in [0.5, 0.6) is 5.75 Å². The average molecular weight is 326 g/mol. The van der Waals surface area contributed by atoms with E-state index in [0.29, 0.717) is 21.7 Å². The largest absolute Gasteiger partial charge is 0.506 e. The molecule has 0 atom stereocenters. The Morgan fingerprint density at radius 3 is 2.41 bits per heavy atom. The van der Waals surface area contributed by atoms with Gasteiger partial charge in [0, 0.05) is 5.38 Å². The van der Waals surface area contributed by atoms with E-state index in [1.54, 1.807) is 24.5 Å². The summed E-state index contributed by atoms with van der Waals surface area (Å²) in [5.41, 5.74) is 0.953. The summed E-state index contributed by atoms with van der Waals surface area (Å²) >= 11 is 1.29. The first-order chi connectivity index (χ1) is 10.3. The summed E-state index contributed by atoms with van der Waals surface area (Å²) in [5.74, 6) is 5.22. The first kappa shape index (κ1) is 16.1. The van der Waals surface area contributed by atoms with E-state index < -0.39 is 11.7 Å². The summed E-state index contributed by atoms with van der Waals surface area (Å²) < 4.78 is 37.4. The van der Waals surface area contributed by atoms with Crippen LogP contribution in [-0.2, 0) is 6.18 Å². The van der Waals surface area contributed by atoms with Gasteiger partial charge in [-0.3, -0.25) is 0 Å². The van der Waals surface area contributed by atoms with Crippen LogP contribution in [-0.4, -0.2) is 10.8 Å². The lowest BCUT2D eigenvalue weighted by molar-refractivity contribution is -0.137. The molecule has 22 heavy (non-hydrogen) atoms. The van der Waals surface area contributed by atoms with Crippen LogP contribution in [0.1, 0.15) is 28.5 Å². The first-order valence-electron chi connectivity index (χ1n) is 6.23. The Morgan fingerprint density at radius 2 is 1.86 bits per heavy atom. The van der Waals surface area contributed by atoms with Crippen LogP contribution in [0.25, 0.3) is 12.2 Å². The summed E-state index contributed by atoms with van der Waals surface area (Å²) in [6.07, 6.45) is -1.08. The minimum Gasteiger partial charge on any atom is -0.506 e. The first-order valence-corrected chi connectivity index (χ1v) is 7.11. The summed E-state index contributed by atoms with van der Waals surface area (Å²) in [4.78, 5) is 0.581. The van der Waals surface area contributed by atoms with Crippen LogP contribution in [0.3, 0.4) is 0 Å². The maximum absolute atomic E-state index is 12.5. The Balaban J connectivity index is 2.21. The number of aromatic hydroxyl groups is 1. The van der Waals surface area contributed by atoms with Crippen molar-refractivity contribution in [3.8, 4) is 5.75 Å². The number of rotatable bonds is 3. The summed E-state index contributed by atoms with van der Waals surface area (Å²) in [6, 6.07) is 4.78. The van der Waals surface area contributed by atoms with E-state index in [9.17, 15) is 18.3 Å². The fourth-order valence-corrected chi connectivity index (χ4v) is 2.66. The van der Waals surface area contributed by atoms with Crippen molar-refractivity contribution in [2.45, 2.75) is 13.1 Å². The Morgan fingerprint density at radius 1 is 1.23 bits per heavy atom. The molecule has 0 aliphatic carbocycles. The second-order valence-electron chi connectivity index (χ2n) is 4.53. The maximum Gasteiger partial charge on any atom is 0.416 e. The van der Waals surface area contributed by atoms with Crippen molar-refractivity contribution in [2.75, 3.05) is 0 Å². The molecular formula is C15H13F3N2OS. The van der Waals surface area contributed by atoms with Crippen LogP contribution in [0, 0.1) is 0 Å². The van der Waals surface area contributed by atoms with Crippen molar-refractivity contribution in [1.29, 1.82) is 0 Å². The maximum atomic E-state index is 12.5. The van der Waals surface area contributed by atoms with Crippen molar-refractivity contribution in [1.82, 2.24) is 0 Å². The van der Waals surface area contributed by atoms with E-state index in [0.717, 1.165) is 12.1 Å². The van der Waals surface area contributed by atoms with E-state index in [-0.39, 0.29) is 5.75 Å². The van der Waals surface area contributed by atoms with Gasteiger partial charge in [0.2, 0.25) is 0 Å². The van der Waals surface area contributed by atoms with E-state index in [4.69, 9.17) is 5.84 Å². The monoisotopic (exact) mass is 326 g/mol. The zero-order chi connectivity index (χ0) is 16.3. The SMILES string of the molecule is C/C(=N\N)c1csc(C=Cc2ccc(C(F)(F)F)cc2)c1O. The molecule has 2 aromatic rings. The lowest BCUT2D eigenvalue weighted by atomic mass is 10.1. The molecule has 1 heterocycles. The number of thiophene rings is 1. The molecule has 0 spiro atoms. The molecule has 7 heteroatoms. The molecule has 0 aliphatic rings. The van der Waals surface area contributed by atoms with E-state index in [2.05, 4.69) is 5.10 Å². The smallest absolute Gasteiger partial charge is 0.416 e. The van der Waals surface area contributed by atoms with Crippen LogP contribution in [0.15, 0.2) is 34.7 Å². The van der Waals surface area contributed by atoms with Gasteiger partial charge >= 0.3 is 6.18 Å². The predicted octanol–water partition coefficient (Wildman–Crippen LogP) is 4.33. The third kappa shape index (κ3) is 3.48. The average Bonchev–Trinajstić information content (AvgIpc) is 2.85. The fraction of sp³-hybridized carbons (Fsp3) is 0.133. The number of halogens is 3. The standard InChI is InChI=1S/C15H13F3N2OS/c1-9(20-19)12-8-22-13(14(12)21)7-4-10-2-5-11(6-3-10)15(16,17)18/h2-8,21H,19H2,1H3/b7-4?,20-9+. The van der Waals surface area contributed by atoms with Gasteiger partial charge in [-0.2, -0.15) is 18.3 Å². The molecule has 2 rings (SSSR count). The van der Waals surface area contributed by atoms with Crippen LogP contribution in [0.2, 0.25) is 0 Å². The lowest BCUT2D eigenvalue weighted by Crippen LogP contribution is -2.03. The van der Waals surface area contributed by atoms with E-state index in [1.807, 2.05) is 0 Å². The highest BCUT2D eigenvalue weighted by atomic mass is 32.1. The van der Waals surface area contributed by atoms with Crippen molar-refractivity contribution >= 4 is 29.2 Å². The van der Waals surface area contributed by atoms with E-state index in [1.165, 1.54) is 23.5 Å². The number of nitrogens with two attached hydrogens (primary N) is 1. The third-order valence-electron chi connectivity index (χ3n) is 3.04. The fourth-order valence-electron chi connectivity index (χ4n) is 1.77. The Bertz CT molecular complexity index is 715. The summed E-state index contributed by atoms with van der Waals surface area (Å²) in [5, 5.41) is 15.3. The second kappa shape index (κ2) is 6.23. The van der Waals surface area contributed by atoms with Gasteiger partial charge in [-0.25, -0.2) is 0 Å². The van der Waals surface area contributed by atoms with Crippen LogP contribution < -0.4 is 5.84 Å². The van der Waals surface area contributed by atoms with Gasteiger partial charge in [0.15, 0.2) is 0 Å². The Kier molecular flexibility index (Phi) is 4.56. The van der Waals surface area contributed by atoms with Gasteiger partial charge < -0.3 is 10.9 Å². The highest BCUT2D eigenvalue weighted by Gasteiger charge is 2.29. The summed E-state index contributed by atoms with van der Waals surface area (Å²) in [7, 11) is 0. The molecule has 0 aliphatic heterocycles. The van der Waals surface area contributed by atoms with Gasteiger partial charge in [0.1, 0.15) is 5.75 Å². The third-order valence-corrected chi connectivity index (χ3v) is 3.98. The predicted molar refractivity (Wildman–Crippen MR) is 82.8 cm³/mol. The second-order valence-corrected chi connectivity index (χ2v) is 5.44. The van der Waals surface area contributed by atoms with E-state index >= 15 is 0 Å². The highest BCUT2D eigenvalue weighted by molar-refractivity contribution is 7.11. The molecule has 0 unspecified atom stereocenters. The molecule has 0 fully saturated rings. The number of hydrogen-bond acceptors (Lipinski definition) is 4. The van der Waals surface area contributed by atoms with Crippen molar-refractivity contribution in [3.05, 3.63) is 51.2 Å². The zero-order valence-corrected chi connectivity index (χ0v) is 12.4. The number of alkyl halides is 3. The molecule has 3 N–H and O–H groups in total. The number of hydrazone groups is 1. The summed E-state index contributed by atoms with van der Waals surface area (Å²) in [6.45, 7) is 1.67. The van der Waals surface area contributed by atoms with Crippen LogP contribution >= 0.6 is 11.3 Å². The molecule has 0 amide bonds. The quantitative estimate of drug-likeness (QED) is 0.501. The number of nitrogens with zero attached hydrogens (tertiary/aromatic N) is 1. The minimum atomic E-state index is -4.34. The number of hydrogen-bond donors (Lipinski definition) is 2. The highest BCUT2D eigenvalue weighted by Crippen LogP contribution is 2.32. The Labute approximate surface area is 129 Å². The molecule has 3 nitrogen and oxygen atoms in total. The molecule has 116 valence electrons. The van der Waals surface area contributed by atoms with Gasteiger partial charge in [-0.15, -0.1) is 11.3 Å². The van der Waals surface area contributed by atoms with Crippen molar-refractivity contribution in [3.63, 3.8) is 0 Å². The molecule has 0 saturated heterocycles. The van der Waals surface area contributed by atoms with Crippen LogP contribution in [0.4, 0.5) is 13.2 Å². The normalized spacial score (nSPS) is 13.0. The molecular weight excluding hydrogens is 313 g/mol. The van der Waals surface area contributed by atoms with Gasteiger partial charge in [0.05, 0.1) is 21.7 Å². The minimum absolute atomic E-state index is 0.0554. The molecule has 0 saturated carbocycles. The van der Waals surface area contributed by atoms with Crippen molar-refractivity contribution < 1.29 is 18.3 Å². The molecule has 1 aromatic heterocycles. The van der Waals surface area contributed by atoms with Gasteiger partial charge in [-0.05, 0) is 30.7 Å². The molecule has 1 aromatic carbocycles. The number of benzene rings is 1. The van der Waals surface area contributed by atoms with Crippen molar-refractivity contribution in [2.24, 2.45) is 10.9 Å². The lowest BCUT2D eigenvalue weighted by Gasteiger charge is -2.05. The Hall–Kier alpha value is -2.28. The topological polar surface area (TPSA) is 58.6 Å². The molecule has 0 bridgehead atoms. The van der Waals surface area contributed by atoms with Gasteiger partial charge in [0.25, 0.3) is 0 Å². The molecule has 0 radical (unpaired) electrons. The van der Waals surface area contributed by atoms with Gasteiger partial charge in [-0.1, -0.05) is 18.2 Å². The zero-order valence-electron chi connectivity index (χ0n) is 11.6.